The van der Waals surface area contributed by atoms with Gasteiger partial charge in [-0.3, -0.25) is 9.59 Å². The average molecular weight is 227 g/mol. The van der Waals surface area contributed by atoms with E-state index in [-0.39, 0.29) is 11.8 Å². The molecule has 82 valence electrons. The first-order valence-corrected chi connectivity index (χ1v) is 5.55. The van der Waals surface area contributed by atoms with Crippen molar-refractivity contribution in [1.82, 2.24) is 15.6 Å². The molecular formula is C9H13N3O2S. The molecule has 0 fully saturated rings. The van der Waals surface area contributed by atoms with E-state index < -0.39 is 0 Å². The number of carbonyl (C=O) groups is 2. The monoisotopic (exact) mass is 227 g/mol. The first-order chi connectivity index (χ1) is 7.20. The van der Waals surface area contributed by atoms with Gasteiger partial charge < -0.3 is 10.6 Å². The highest BCUT2D eigenvalue weighted by Crippen LogP contribution is 1.99. The lowest BCUT2D eigenvalue weighted by Crippen LogP contribution is -2.28. The third kappa shape index (κ3) is 4.55. The quantitative estimate of drug-likeness (QED) is 0.715. The fourth-order valence-corrected chi connectivity index (χ4v) is 1.50. The third-order valence-corrected chi connectivity index (χ3v) is 2.26. The Kier molecular flexibility index (Phi) is 4.76. The summed E-state index contributed by atoms with van der Waals surface area (Å²) in [5, 5.41) is 7.06. The van der Waals surface area contributed by atoms with Gasteiger partial charge >= 0.3 is 0 Å². The fraction of sp³-hybridized carbons (Fsp3) is 0.444. The zero-order valence-corrected chi connectivity index (χ0v) is 9.26. The van der Waals surface area contributed by atoms with Crippen LogP contribution in [0.4, 0.5) is 0 Å². The van der Waals surface area contributed by atoms with Crippen LogP contribution in [-0.4, -0.2) is 29.9 Å². The number of nitrogens with one attached hydrogen (secondary N) is 2. The SMILES string of the molecule is CC(=O)NCCCNC(=O)c1cscn1. The van der Waals surface area contributed by atoms with Gasteiger partial charge in [0.1, 0.15) is 5.69 Å². The number of aromatic nitrogens is 1. The average Bonchev–Trinajstić information content (AvgIpc) is 2.69. The fourth-order valence-electron chi connectivity index (χ4n) is 0.970. The standard InChI is InChI=1S/C9H13N3O2S/c1-7(13)10-3-2-4-11-9(14)8-5-15-6-12-8/h5-6H,2-4H2,1H3,(H,10,13)(H,11,14). The van der Waals surface area contributed by atoms with Gasteiger partial charge in [0.05, 0.1) is 5.51 Å². The zero-order chi connectivity index (χ0) is 11.1. The minimum atomic E-state index is -0.168. The maximum Gasteiger partial charge on any atom is 0.270 e. The molecule has 2 amide bonds. The van der Waals surface area contributed by atoms with Crippen LogP contribution in [0.25, 0.3) is 0 Å². The number of nitrogens with zero attached hydrogens (tertiary/aromatic N) is 1. The normalized spacial score (nSPS) is 9.67. The van der Waals surface area contributed by atoms with Crippen molar-refractivity contribution in [2.24, 2.45) is 0 Å². The second-order valence-corrected chi connectivity index (χ2v) is 3.68. The van der Waals surface area contributed by atoms with Crippen molar-refractivity contribution in [2.45, 2.75) is 13.3 Å². The maximum absolute atomic E-state index is 11.3. The Morgan fingerprint density at radius 1 is 1.40 bits per heavy atom. The van der Waals surface area contributed by atoms with E-state index in [1.807, 2.05) is 0 Å². The van der Waals surface area contributed by atoms with Gasteiger partial charge in [0, 0.05) is 25.4 Å². The Hall–Kier alpha value is -1.43. The minimum absolute atomic E-state index is 0.0548. The Balaban J connectivity index is 2.10. The summed E-state index contributed by atoms with van der Waals surface area (Å²) in [6, 6.07) is 0. The molecule has 1 rings (SSSR count). The highest BCUT2D eigenvalue weighted by atomic mass is 32.1. The molecular weight excluding hydrogens is 214 g/mol. The van der Waals surface area contributed by atoms with Gasteiger partial charge in [-0.25, -0.2) is 4.98 Å². The Labute approximate surface area is 91.9 Å². The van der Waals surface area contributed by atoms with Gasteiger partial charge in [0.15, 0.2) is 0 Å². The highest BCUT2D eigenvalue weighted by molar-refractivity contribution is 7.07. The van der Waals surface area contributed by atoms with Gasteiger partial charge in [0.25, 0.3) is 5.91 Å². The lowest BCUT2D eigenvalue weighted by atomic mass is 10.4. The summed E-state index contributed by atoms with van der Waals surface area (Å²) >= 11 is 1.39. The van der Waals surface area contributed by atoms with Crippen LogP contribution in [-0.2, 0) is 4.79 Å². The van der Waals surface area contributed by atoms with Crippen molar-refractivity contribution < 1.29 is 9.59 Å². The van der Waals surface area contributed by atoms with Crippen LogP contribution in [0.1, 0.15) is 23.8 Å². The number of rotatable bonds is 5. The second kappa shape index (κ2) is 6.13. The number of hydrogen-bond acceptors (Lipinski definition) is 4. The molecule has 6 heteroatoms. The molecule has 0 bridgehead atoms. The summed E-state index contributed by atoms with van der Waals surface area (Å²) in [5.74, 6) is -0.222. The first-order valence-electron chi connectivity index (χ1n) is 4.61. The second-order valence-electron chi connectivity index (χ2n) is 2.97. The largest absolute Gasteiger partial charge is 0.356 e. The Morgan fingerprint density at radius 3 is 2.73 bits per heavy atom. The van der Waals surface area contributed by atoms with E-state index in [1.54, 1.807) is 10.9 Å². The predicted molar refractivity (Wildman–Crippen MR) is 57.7 cm³/mol. The lowest BCUT2D eigenvalue weighted by Gasteiger charge is -2.03. The van der Waals surface area contributed by atoms with Crippen molar-refractivity contribution >= 4 is 23.2 Å². The van der Waals surface area contributed by atoms with Crippen LogP contribution >= 0.6 is 11.3 Å². The minimum Gasteiger partial charge on any atom is -0.356 e. The van der Waals surface area contributed by atoms with E-state index in [1.165, 1.54) is 18.3 Å². The van der Waals surface area contributed by atoms with Crippen molar-refractivity contribution in [2.75, 3.05) is 13.1 Å². The van der Waals surface area contributed by atoms with E-state index in [4.69, 9.17) is 0 Å². The zero-order valence-electron chi connectivity index (χ0n) is 8.45. The van der Waals surface area contributed by atoms with Crippen LogP contribution in [0.2, 0.25) is 0 Å². The van der Waals surface area contributed by atoms with E-state index in [0.29, 0.717) is 18.8 Å². The molecule has 2 N–H and O–H groups in total. The van der Waals surface area contributed by atoms with E-state index in [2.05, 4.69) is 15.6 Å². The number of amides is 2. The summed E-state index contributed by atoms with van der Waals surface area (Å²) in [6.45, 7) is 2.58. The van der Waals surface area contributed by atoms with Gasteiger partial charge in [-0.05, 0) is 6.42 Å². The van der Waals surface area contributed by atoms with Gasteiger partial charge in [-0.15, -0.1) is 11.3 Å². The van der Waals surface area contributed by atoms with Crippen LogP contribution in [0.15, 0.2) is 10.9 Å². The van der Waals surface area contributed by atoms with E-state index >= 15 is 0 Å². The number of hydrogen-bond donors (Lipinski definition) is 2. The van der Waals surface area contributed by atoms with Crippen LogP contribution < -0.4 is 10.6 Å². The van der Waals surface area contributed by atoms with Crippen molar-refractivity contribution in [3.8, 4) is 0 Å². The molecule has 15 heavy (non-hydrogen) atoms. The van der Waals surface area contributed by atoms with Gasteiger partial charge in [-0.1, -0.05) is 0 Å². The molecule has 0 radical (unpaired) electrons. The maximum atomic E-state index is 11.3. The summed E-state index contributed by atoms with van der Waals surface area (Å²) in [6.07, 6.45) is 0.718. The lowest BCUT2D eigenvalue weighted by molar-refractivity contribution is -0.118. The van der Waals surface area contributed by atoms with Crippen molar-refractivity contribution in [3.63, 3.8) is 0 Å². The summed E-state index contributed by atoms with van der Waals surface area (Å²) in [4.78, 5) is 25.7. The van der Waals surface area contributed by atoms with Gasteiger partial charge in [0.2, 0.25) is 5.91 Å². The Morgan fingerprint density at radius 2 is 2.13 bits per heavy atom. The smallest absolute Gasteiger partial charge is 0.270 e. The first kappa shape index (κ1) is 11.6. The van der Waals surface area contributed by atoms with Crippen LogP contribution in [0.3, 0.4) is 0 Å². The molecule has 0 aliphatic rings. The molecule has 0 saturated heterocycles. The van der Waals surface area contributed by atoms with Crippen LogP contribution in [0.5, 0.6) is 0 Å². The number of carbonyl (C=O) groups excluding carboxylic acids is 2. The molecule has 0 atom stereocenters. The van der Waals surface area contributed by atoms with E-state index in [9.17, 15) is 9.59 Å². The van der Waals surface area contributed by atoms with Gasteiger partial charge in [-0.2, -0.15) is 0 Å². The molecule has 0 spiro atoms. The van der Waals surface area contributed by atoms with Crippen molar-refractivity contribution in [1.29, 1.82) is 0 Å². The molecule has 5 nitrogen and oxygen atoms in total. The topological polar surface area (TPSA) is 71.1 Å². The molecule has 1 aromatic heterocycles. The summed E-state index contributed by atoms with van der Waals surface area (Å²) in [7, 11) is 0. The molecule has 0 aromatic carbocycles. The molecule has 0 saturated carbocycles. The predicted octanol–water partition coefficient (Wildman–Crippen LogP) is 0.399. The third-order valence-electron chi connectivity index (χ3n) is 1.68. The molecule has 0 aliphatic heterocycles. The molecule has 1 heterocycles. The van der Waals surface area contributed by atoms with Crippen LogP contribution in [0, 0.1) is 0 Å². The Bertz CT molecular complexity index is 324. The highest BCUT2D eigenvalue weighted by Gasteiger charge is 2.05. The summed E-state index contributed by atoms with van der Waals surface area (Å²) < 4.78 is 0. The molecule has 0 unspecified atom stereocenters. The molecule has 1 aromatic rings. The number of thiazole rings is 1. The van der Waals surface area contributed by atoms with E-state index in [0.717, 1.165) is 6.42 Å². The molecule has 0 aliphatic carbocycles. The summed E-state index contributed by atoms with van der Waals surface area (Å²) in [5.41, 5.74) is 2.06. The van der Waals surface area contributed by atoms with Crippen molar-refractivity contribution in [3.05, 3.63) is 16.6 Å².